The van der Waals surface area contributed by atoms with E-state index < -0.39 is 0 Å². The van der Waals surface area contributed by atoms with Crippen LogP contribution in [0.15, 0.2) is 212 Å². The summed E-state index contributed by atoms with van der Waals surface area (Å²) in [7, 11) is 0. The molecule has 2 atom stereocenters. The van der Waals surface area contributed by atoms with Crippen LogP contribution >= 0.6 is 0 Å². The highest BCUT2D eigenvalue weighted by Crippen LogP contribution is 2.54. The molecule has 0 radical (unpaired) electrons. The topological polar surface area (TPSA) is 3.24 Å². The Kier molecular flexibility index (Phi) is 8.05. The third-order valence-corrected chi connectivity index (χ3v) is 12.9. The Hall–Kier alpha value is -6.96. The van der Waals surface area contributed by atoms with Gasteiger partial charge in [-0.25, -0.2) is 0 Å². The molecule has 0 saturated carbocycles. The normalized spacial score (nSPS) is 16.4. The fourth-order valence-corrected chi connectivity index (χ4v) is 10.1. The van der Waals surface area contributed by atoms with Crippen LogP contribution in [0.2, 0.25) is 0 Å². The second-order valence-electron chi connectivity index (χ2n) is 16.5. The van der Waals surface area contributed by atoms with Gasteiger partial charge < -0.3 is 4.90 Å². The van der Waals surface area contributed by atoms with Crippen LogP contribution in [0.4, 0.5) is 17.1 Å². The van der Waals surface area contributed by atoms with Crippen LogP contribution in [0.5, 0.6) is 0 Å². The Morgan fingerprint density at radius 1 is 0.397 bits per heavy atom. The van der Waals surface area contributed by atoms with Crippen molar-refractivity contribution >= 4 is 49.4 Å². The van der Waals surface area contributed by atoms with Crippen LogP contribution in [0, 0.1) is 5.92 Å². The molecule has 0 heterocycles. The summed E-state index contributed by atoms with van der Waals surface area (Å²) >= 11 is 0. The minimum Gasteiger partial charge on any atom is -0.310 e. The van der Waals surface area contributed by atoms with Crippen molar-refractivity contribution in [2.45, 2.75) is 25.2 Å². The highest BCUT2D eigenvalue weighted by atomic mass is 15.1. The van der Waals surface area contributed by atoms with Crippen molar-refractivity contribution in [3.63, 3.8) is 0 Å². The van der Waals surface area contributed by atoms with E-state index in [1.54, 1.807) is 0 Å². The first-order chi connectivity index (χ1) is 28.5. The van der Waals surface area contributed by atoms with Crippen LogP contribution in [-0.4, -0.2) is 0 Å². The monoisotopic (exact) mass is 741 g/mol. The van der Waals surface area contributed by atoms with E-state index in [4.69, 9.17) is 0 Å². The van der Waals surface area contributed by atoms with Crippen LogP contribution in [0.1, 0.15) is 30.9 Å². The molecule has 1 nitrogen and oxygen atoms in total. The average molecular weight is 742 g/mol. The van der Waals surface area contributed by atoms with E-state index in [-0.39, 0.29) is 5.41 Å². The number of anilines is 3. The molecule has 9 aromatic carbocycles. The Morgan fingerprint density at radius 2 is 0.897 bits per heavy atom. The first-order valence-corrected chi connectivity index (χ1v) is 20.5. The molecule has 0 saturated heterocycles. The van der Waals surface area contributed by atoms with E-state index in [2.05, 4.69) is 231 Å². The molecule has 2 unspecified atom stereocenters. The number of allylic oxidation sites excluding steroid dienone is 4. The van der Waals surface area contributed by atoms with Gasteiger partial charge in [0.15, 0.2) is 0 Å². The molecule has 0 fully saturated rings. The van der Waals surface area contributed by atoms with E-state index in [0.29, 0.717) is 11.8 Å². The maximum Gasteiger partial charge on any atom is 0.0464 e. The van der Waals surface area contributed by atoms with Gasteiger partial charge in [-0.05, 0) is 131 Å². The van der Waals surface area contributed by atoms with E-state index >= 15 is 0 Å². The van der Waals surface area contributed by atoms with Crippen LogP contribution in [-0.2, 0) is 5.41 Å². The molecule has 276 valence electrons. The quantitative estimate of drug-likeness (QED) is 0.153. The second kappa shape index (κ2) is 13.6. The maximum atomic E-state index is 2.45. The van der Waals surface area contributed by atoms with Crippen LogP contribution in [0.25, 0.3) is 65.7 Å². The largest absolute Gasteiger partial charge is 0.310 e. The van der Waals surface area contributed by atoms with Gasteiger partial charge in [-0.2, -0.15) is 0 Å². The zero-order valence-electron chi connectivity index (χ0n) is 32.8. The van der Waals surface area contributed by atoms with Crippen molar-refractivity contribution in [3.05, 3.63) is 223 Å². The summed E-state index contributed by atoms with van der Waals surface area (Å²) < 4.78 is 0. The minimum atomic E-state index is 0.0262. The smallest absolute Gasteiger partial charge is 0.0464 e. The Labute approximate surface area is 340 Å². The van der Waals surface area contributed by atoms with E-state index in [0.717, 1.165) is 11.4 Å². The number of hydrogen-bond acceptors (Lipinski definition) is 1. The Balaban J connectivity index is 0.999. The van der Waals surface area contributed by atoms with Gasteiger partial charge in [-0.3, -0.25) is 0 Å². The van der Waals surface area contributed by atoms with Gasteiger partial charge in [0.2, 0.25) is 0 Å². The van der Waals surface area contributed by atoms with Gasteiger partial charge in [-0.15, -0.1) is 0 Å². The minimum absolute atomic E-state index is 0.0262. The lowest BCUT2D eigenvalue weighted by Crippen LogP contribution is -2.24. The average Bonchev–Trinajstić information content (AvgIpc) is 3.52. The lowest BCUT2D eigenvalue weighted by molar-refractivity contribution is 0.394. The molecule has 11 rings (SSSR count). The van der Waals surface area contributed by atoms with Gasteiger partial charge >= 0.3 is 0 Å². The number of benzene rings is 9. The molecule has 2 aliphatic carbocycles. The van der Waals surface area contributed by atoms with E-state index in [1.165, 1.54) is 82.5 Å². The highest BCUT2D eigenvalue weighted by Gasteiger charge is 2.44. The molecular formula is C57H43N. The van der Waals surface area contributed by atoms with Crippen LogP contribution < -0.4 is 4.90 Å². The molecule has 0 bridgehead atoms. The summed E-state index contributed by atoms with van der Waals surface area (Å²) in [6.07, 6.45) is 9.22. The fraction of sp³-hybridized carbons (Fsp3) is 0.0877. The van der Waals surface area contributed by atoms with E-state index in [1.807, 2.05) is 0 Å². The summed E-state index contributed by atoms with van der Waals surface area (Å²) in [4.78, 5) is 2.42. The standard InChI is InChI=1S/C57H43N/c1-57(2)54-25-11-10-21-50(54)51-35-34-45(37-55(51)57)58(43-30-26-39(27-31-43)38-14-4-3-5-15-38)44-32-28-40(29-33-44)41-16-12-17-42(36-41)46-23-13-24-53-49-19-7-6-18-47(49)48-20-8-9-22-52(48)56(46)53/h3-37,50,54H,1-2H3. The summed E-state index contributed by atoms with van der Waals surface area (Å²) in [6.45, 7) is 4.82. The van der Waals surface area contributed by atoms with E-state index in [9.17, 15) is 0 Å². The molecule has 0 spiro atoms. The number of hydrogen-bond donors (Lipinski definition) is 0. The summed E-state index contributed by atoms with van der Waals surface area (Å²) in [5.74, 6) is 0.882. The zero-order valence-corrected chi connectivity index (χ0v) is 32.8. The van der Waals surface area contributed by atoms with Crippen molar-refractivity contribution in [1.29, 1.82) is 0 Å². The van der Waals surface area contributed by atoms with Gasteiger partial charge in [0.25, 0.3) is 0 Å². The molecule has 2 aliphatic rings. The molecule has 0 N–H and O–H groups in total. The Bertz CT molecular complexity index is 3030. The highest BCUT2D eigenvalue weighted by molar-refractivity contribution is 6.28. The number of nitrogens with zero attached hydrogens (tertiary/aromatic N) is 1. The molecule has 9 aromatic rings. The van der Waals surface area contributed by atoms with Crippen molar-refractivity contribution in [2.24, 2.45) is 5.92 Å². The maximum absolute atomic E-state index is 2.45. The SMILES string of the molecule is CC1(C)c2cc(N(c3ccc(-c4ccccc4)cc3)c3ccc(-c4cccc(-c5cccc6c7ccccc7c7ccccc7c56)c4)cc3)ccc2C2C=CC=CC21. The molecule has 0 aliphatic heterocycles. The second-order valence-corrected chi connectivity index (χ2v) is 16.5. The van der Waals surface area contributed by atoms with Gasteiger partial charge in [0.1, 0.15) is 0 Å². The molecule has 58 heavy (non-hydrogen) atoms. The third kappa shape index (κ3) is 5.53. The summed E-state index contributed by atoms with van der Waals surface area (Å²) in [6, 6.07) is 69.5. The van der Waals surface area contributed by atoms with Crippen molar-refractivity contribution in [2.75, 3.05) is 4.90 Å². The lowest BCUT2D eigenvalue weighted by atomic mass is 9.74. The Morgan fingerprint density at radius 3 is 1.59 bits per heavy atom. The van der Waals surface area contributed by atoms with Gasteiger partial charge in [0.05, 0.1) is 0 Å². The van der Waals surface area contributed by atoms with Crippen LogP contribution in [0.3, 0.4) is 0 Å². The predicted molar refractivity (Wildman–Crippen MR) is 247 cm³/mol. The first kappa shape index (κ1) is 34.3. The van der Waals surface area contributed by atoms with Crippen molar-refractivity contribution < 1.29 is 0 Å². The fourth-order valence-electron chi connectivity index (χ4n) is 10.1. The zero-order chi connectivity index (χ0) is 38.8. The molecule has 1 heteroatoms. The lowest BCUT2D eigenvalue weighted by Gasteiger charge is -2.30. The first-order valence-electron chi connectivity index (χ1n) is 20.5. The molecule has 0 amide bonds. The predicted octanol–water partition coefficient (Wildman–Crippen LogP) is 15.7. The van der Waals surface area contributed by atoms with Crippen molar-refractivity contribution in [3.8, 4) is 33.4 Å². The molecular weight excluding hydrogens is 699 g/mol. The third-order valence-electron chi connectivity index (χ3n) is 12.9. The number of rotatable bonds is 6. The molecule has 0 aromatic heterocycles. The number of fused-ring (bicyclic) bond motifs is 9. The van der Waals surface area contributed by atoms with Gasteiger partial charge in [-0.1, -0.05) is 184 Å². The summed E-state index contributed by atoms with van der Waals surface area (Å²) in [5, 5.41) is 7.78. The van der Waals surface area contributed by atoms with Crippen molar-refractivity contribution in [1.82, 2.24) is 0 Å². The van der Waals surface area contributed by atoms with Gasteiger partial charge in [0, 0.05) is 23.0 Å². The summed E-state index contributed by atoms with van der Waals surface area (Å²) in [5.41, 5.74) is 13.7.